The average Bonchev–Trinajstić information content (AvgIpc) is 2.81. The van der Waals surface area contributed by atoms with Gasteiger partial charge in [-0.15, -0.1) is 0 Å². The van der Waals surface area contributed by atoms with Crippen molar-refractivity contribution in [2.24, 2.45) is 0 Å². The number of hydrogen-bond acceptors (Lipinski definition) is 6. The molecule has 1 saturated heterocycles. The van der Waals surface area contributed by atoms with Crippen LogP contribution in [-0.4, -0.2) is 46.3 Å². The van der Waals surface area contributed by atoms with Crippen LogP contribution in [0.2, 0.25) is 0 Å². The Hall–Kier alpha value is -3.32. The maximum atomic E-state index is 12.2. The van der Waals surface area contributed by atoms with Gasteiger partial charge in [0.05, 0.1) is 22.9 Å². The highest BCUT2D eigenvalue weighted by molar-refractivity contribution is 5.90. The summed E-state index contributed by atoms with van der Waals surface area (Å²) in [4.78, 5) is 19.4. The maximum Gasteiger partial charge on any atom is 0.345 e. The molecule has 5 rings (SSSR count). The number of fused-ring (bicyclic) bond motifs is 1. The lowest BCUT2D eigenvalue weighted by Gasteiger charge is -2.31. The summed E-state index contributed by atoms with van der Waals surface area (Å²) in [5.74, 6) is 0. The second kappa shape index (κ2) is 8.43. The average molecular weight is 413 g/mol. The Balaban J connectivity index is 1.52. The molecule has 6 heteroatoms. The Morgan fingerprint density at radius 1 is 0.903 bits per heavy atom. The summed E-state index contributed by atoms with van der Waals surface area (Å²) in [7, 11) is 0. The highest BCUT2D eigenvalue weighted by atomic mass is 16.5. The van der Waals surface area contributed by atoms with Gasteiger partial charge in [-0.25, -0.2) is 9.78 Å². The van der Waals surface area contributed by atoms with E-state index in [2.05, 4.69) is 29.2 Å². The summed E-state index contributed by atoms with van der Waals surface area (Å²) in [5.41, 5.74) is 5.20. The molecule has 0 atom stereocenters. The van der Waals surface area contributed by atoms with E-state index in [4.69, 9.17) is 9.40 Å². The first-order valence-corrected chi connectivity index (χ1v) is 10.4. The van der Waals surface area contributed by atoms with Crippen molar-refractivity contribution in [1.82, 2.24) is 14.9 Å². The molecule has 0 aliphatic carbocycles. The Labute approximate surface area is 180 Å². The largest absolute Gasteiger partial charge is 0.431 e. The number of nitrogens with zero attached hydrogens (tertiary/aromatic N) is 3. The summed E-state index contributed by atoms with van der Waals surface area (Å²) in [6, 6.07) is 22.0. The number of hydroxylamine groups is 2. The van der Waals surface area contributed by atoms with Gasteiger partial charge in [0.25, 0.3) is 0 Å². The highest BCUT2D eigenvalue weighted by Crippen LogP contribution is 2.32. The Morgan fingerprint density at radius 2 is 1.65 bits per heavy atom. The second-order valence-corrected chi connectivity index (χ2v) is 7.82. The monoisotopic (exact) mass is 413 g/mol. The van der Waals surface area contributed by atoms with Gasteiger partial charge in [-0.1, -0.05) is 54.6 Å². The maximum absolute atomic E-state index is 12.2. The standard InChI is InChI=1S/C25H23N3O3/c29-25-22-16-21(19-4-2-1-3-5-19)24(26-23(22)10-15-31-25)20-8-6-18(7-9-20)17-27-11-13-28(30)14-12-27/h1-10,15-16,30H,11-14,17H2. The molecule has 2 aromatic heterocycles. The Morgan fingerprint density at radius 3 is 2.39 bits per heavy atom. The van der Waals surface area contributed by atoms with Crippen molar-refractivity contribution >= 4 is 10.9 Å². The smallest absolute Gasteiger partial charge is 0.345 e. The van der Waals surface area contributed by atoms with E-state index in [1.165, 1.54) is 16.9 Å². The van der Waals surface area contributed by atoms with E-state index < -0.39 is 0 Å². The van der Waals surface area contributed by atoms with Crippen LogP contribution in [-0.2, 0) is 6.54 Å². The summed E-state index contributed by atoms with van der Waals surface area (Å²) in [5, 5.41) is 11.4. The molecule has 0 spiro atoms. The van der Waals surface area contributed by atoms with Gasteiger partial charge < -0.3 is 9.62 Å². The fourth-order valence-corrected chi connectivity index (χ4v) is 4.02. The highest BCUT2D eigenvalue weighted by Gasteiger charge is 2.16. The van der Waals surface area contributed by atoms with Gasteiger partial charge in [0.2, 0.25) is 0 Å². The van der Waals surface area contributed by atoms with Crippen LogP contribution in [0.25, 0.3) is 33.3 Å². The molecule has 1 aliphatic rings. The predicted octanol–water partition coefficient (Wildman–Crippen LogP) is 4.03. The molecule has 1 N–H and O–H groups in total. The van der Waals surface area contributed by atoms with Gasteiger partial charge in [0.1, 0.15) is 0 Å². The predicted molar refractivity (Wildman–Crippen MR) is 120 cm³/mol. The van der Waals surface area contributed by atoms with E-state index >= 15 is 0 Å². The summed E-state index contributed by atoms with van der Waals surface area (Å²) in [6.07, 6.45) is 1.39. The normalized spacial score (nSPS) is 15.4. The van der Waals surface area contributed by atoms with Gasteiger partial charge in [0.15, 0.2) is 0 Å². The fourth-order valence-electron chi connectivity index (χ4n) is 4.02. The number of rotatable bonds is 4. The van der Waals surface area contributed by atoms with Crippen molar-refractivity contribution in [2.75, 3.05) is 26.2 Å². The van der Waals surface area contributed by atoms with Gasteiger partial charge >= 0.3 is 5.63 Å². The van der Waals surface area contributed by atoms with E-state index in [-0.39, 0.29) is 5.63 Å². The van der Waals surface area contributed by atoms with Gasteiger partial charge in [0, 0.05) is 43.9 Å². The fraction of sp³-hybridized carbons (Fsp3) is 0.200. The molecule has 1 fully saturated rings. The van der Waals surface area contributed by atoms with E-state index in [1.54, 1.807) is 6.07 Å². The number of pyridine rings is 1. The molecular formula is C25H23N3O3. The van der Waals surface area contributed by atoms with E-state index in [1.807, 2.05) is 36.4 Å². The van der Waals surface area contributed by atoms with Crippen molar-refractivity contribution < 1.29 is 9.62 Å². The quantitative estimate of drug-likeness (QED) is 0.545. The van der Waals surface area contributed by atoms with E-state index in [0.717, 1.165) is 42.0 Å². The van der Waals surface area contributed by atoms with E-state index in [0.29, 0.717) is 24.0 Å². The first-order valence-electron chi connectivity index (χ1n) is 10.4. The topological polar surface area (TPSA) is 69.8 Å². The third kappa shape index (κ3) is 4.14. The Kier molecular flexibility index (Phi) is 5.34. The zero-order chi connectivity index (χ0) is 21.2. The SMILES string of the molecule is O=c1occc2nc(-c3ccc(CN4CCN(O)CC4)cc3)c(-c3ccccc3)cc12. The van der Waals surface area contributed by atoms with Crippen LogP contribution < -0.4 is 5.63 Å². The molecule has 0 amide bonds. The lowest BCUT2D eigenvalue weighted by atomic mass is 9.97. The lowest BCUT2D eigenvalue weighted by Crippen LogP contribution is -2.44. The molecule has 0 saturated carbocycles. The minimum atomic E-state index is -0.382. The number of hydrogen-bond donors (Lipinski definition) is 1. The van der Waals surface area contributed by atoms with Crippen LogP contribution in [0.15, 0.2) is 82.2 Å². The van der Waals surface area contributed by atoms with Crippen LogP contribution >= 0.6 is 0 Å². The molecule has 0 bridgehead atoms. The van der Waals surface area contributed by atoms with Crippen molar-refractivity contribution in [2.45, 2.75) is 6.54 Å². The van der Waals surface area contributed by atoms with Crippen LogP contribution in [0.3, 0.4) is 0 Å². The van der Waals surface area contributed by atoms with Crippen LogP contribution in [0.4, 0.5) is 0 Å². The molecular weight excluding hydrogens is 390 g/mol. The molecule has 0 unspecified atom stereocenters. The molecule has 1 aliphatic heterocycles. The number of benzene rings is 2. The Bertz CT molecular complexity index is 1240. The zero-order valence-electron chi connectivity index (χ0n) is 17.1. The van der Waals surface area contributed by atoms with E-state index in [9.17, 15) is 10.0 Å². The summed E-state index contributed by atoms with van der Waals surface area (Å²) in [6.45, 7) is 3.91. The molecule has 4 aromatic rings. The first kappa shape index (κ1) is 19.6. The van der Waals surface area contributed by atoms with Crippen LogP contribution in [0.1, 0.15) is 5.56 Å². The molecule has 156 valence electrons. The van der Waals surface area contributed by atoms with Crippen LogP contribution in [0.5, 0.6) is 0 Å². The molecule has 31 heavy (non-hydrogen) atoms. The van der Waals surface area contributed by atoms with Crippen LogP contribution in [0, 0.1) is 0 Å². The first-order chi connectivity index (χ1) is 15.2. The van der Waals surface area contributed by atoms with Crippen molar-refractivity contribution in [1.29, 1.82) is 0 Å². The van der Waals surface area contributed by atoms with Gasteiger partial charge in [-0.3, -0.25) is 4.90 Å². The second-order valence-electron chi connectivity index (χ2n) is 7.82. The number of piperazine rings is 1. The minimum Gasteiger partial charge on any atom is -0.431 e. The molecule has 6 nitrogen and oxygen atoms in total. The third-order valence-corrected chi connectivity index (χ3v) is 5.74. The number of aromatic nitrogens is 1. The third-order valence-electron chi connectivity index (χ3n) is 5.74. The van der Waals surface area contributed by atoms with Gasteiger partial charge in [-0.2, -0.15) is 5.06 Å². The van der Waals surface area contributed by atoms with Gasteiger partial charge in [-0.05, 0) is 23.3 Å². The molecule has 3 heterocycles. The lowest BCUT2D eigenvalue weighted by molar-refractivity contribution is -0.118. The molecule has 0 radical (unpaired) electrons. The summed E-state index contributed by atoms with van der Waals surface area (Å²) >= 11 is 0. The van der Waals surface area contributed by atoms with Crippen molar-refractivity contribution in [3.8, 4) is 22.4 Å². The van der Waals surface area contributed by atoms with Crippen molar-refractivity contribution in [3.63, 3.8) is 0 Å². The summed E-state index contributed by atoms with van der Waals surface area (Å²) < 4.78 is 5.05. The molecule has 2 aromatic carbocycles. The zero-order valence-corrected chi connectivity index (χ0v) is 17.1. The van der Waals surface area contributed by atoms with Crippen molar-refractivity contribution in [3.05, 3.63) is 89.0 Å². The minimum absolute atomic E-state index is 0.382.